The number of carbonyl (C=O) groups is 3. The van der Waals surface area contributed by atoms with Gasteiger partial charge in [0, 0.05) is 22.8 Å². The fraction of sp³-hybridized carbons (Fsp3) is 0.318. The maximum atomic E-state index is 12.7. The Morgan fingerprint density at radius 3 is 2.61 bits per heavy atom. The number of benzene rings is 1. The third kappa shape index (κ3) is 5.29. The Kier molecular flexibility index (Phi) is 7.40. The molecule has 2 heterocycles. The van der Waals surface area contributed by atoms with Crippen LogP contribution < -0.4 is 14.8 Å². The highest BCUT2D eigenvalue weighted by Crippen LogP contribution is 2.34. The second-order valence-corrected chi connectivity index (χ2v) is 9.21. The van der Waals surface area contributed by atoms with Crippen LogP contribution in [0, 0.1) is 13.8 Å². The largest absolute Gasteiger partial charge is 0.493 e. The number of rotatable bonds is 8. The maximum Gasteiger partial charge on any atom is 0.293 e. The summed E-state index contributed by atoms with van der Waals surface area (Å²) in [6.07, 6.45) is 1.65. The Balaban J connectivity index is 1.64. The minimum absolute atomic E-state index is 0.114. The molecule has 0 bridgehead atoms. The molecule has 1 aromatic heterocycles. The van der Waals surface area contributed by atoms with Crippen LogP contribution in [0.4, 0.5) is 4.79 Å². The van der Waals surface area contributed by atoms with Crippen molar-refractivity contribution in [3.05, 3.63) is 50.1 Å². The Bertz CT molecular complexity index is 1040. The Labute approximate surface area is 189 Å². The first-order valence-electron chi connectivity index (χ1n) is 9.75. The van der Waals surface area contributed by atoms with Gasteiger partial charge in [0.25, 0.3) is 17.1 Å². The zero-order valence-corrected chi connectivity index (χ0v) is 19.4. The molecule has 31 heavy (non-hydrogen) atoms. The van der Waals surface area contributed by atoms with Crippen LogP contribution in [0.1, 0.15) is 32.6 Å². The number of thiophene rings is 1. The lowest BCUT2D eigenvalue weighted by atomic mass is 10.2. The number of aryl methyl sites for hydroxylation is 2. The standard InChI is InChI=1S/C22H24N2O5S2/c1-5-29-17-7-6-15(11-18(17)28-4)12-19-21(26)24(22(27)31-19)9-8-23-20(25)16-10-13(2)30-14(16)3/h6-7,10-12H,5,8-9H2,1-4H3,(H,23,25). The molecule has 0 atom stereocenters. The van der Waals surface area contributed by atoms with E-state index in [0.717, 1.165) is 32.0 Å². The molecule has 7 nitrogen and oxygen atoms in total. The van der Waals surface area contributed by atoms with Gasteiger partial charge in [-0.2, -0.15) is 0 Å². The first kappa shape index (κ1) is 22.9. The van der Waals surface area contributed by atoms with Gasteiger partial charge in [-0.3, -0.25) is 19.3 Å². The number of hydrogen-bond acceptors (Lipinski definition) is 7. The summed E-state index contributed by atoms with van der Waals surface area (Å²) in [5.74, 6) is 0.587. The number of thioether (sulfide) groups is 1. The van der Waals surface area contributed by atoms with E-state index in [1.807, 2.05) is 26.8 Å². The van der Waals surface area contributed by atoms with E-state index in [9.17, 15) is 14.4 Å². The van der Waals surface area contributed by atoms with Crippen LogP contribution >= 0.6 is 23.1 Å². The number of nitrogens with zero attached hydrogens (tertiary/aromatic N) is 1. The van der Waals surface area contributed by atoms with E-state index in [2.05, 4.69) is 5.32 Å². The van der Waals surface area contributed by atoms with Crippen LogP contribution in [-0.4, -0.2) is 48.8 Å². The van der Waals surface area contributed by atoms with Gasteiger partial charge in [0.15, 0.2) is 11.5 Å². The zero-order chi connectivity index (χ0) is 22.5. The summed E-state index contributed by atoms with van der Waals surface area (Å²) in [6.45, 7) is 6.54. The highest BCUT2D eigenvalue weighted by atomic mass is 32.2. The Hall–Kier alpha value is -2.78. The van der Waals surface area contributed by atoms with Crippen molar-refractivity contribution in [2.75, 3.05) is 26.8 Å². The topological polar surface area (TPSA) is 84.9 Å². The number of methoxy groups -OCH3 is 1. The fourth-order valence-corrected chi connectivity index (χ4v) is 4.91. The normalized spacial score (nSPS) is 15.0. The van der Waals surface area contributed by atoms with Crippen LogP contribution in [0.3, 0.4) is 0 Å². The van der Waals surface area contributed by atoms with Crippen LogP contribution in [0.15, 0.2) is 29.2 Å². The van der Waals surface area contributed by atoms with Gasteiger partial charge in [0.1, 0.15) is 0 Å². The van der Waals surface area contributed by atoms with Gasteiger partial charge in [-0.05, 0) is 62.4 Å². The van der Waals surface area contributed by atoms with Gasteiger partial charge in [0.2, 0.25) is 0 Å². The second-order valence-electron chi connectivity index (χ2n) is 6.76. The molecule has 1 fully saturated rings. The van der Waals surface area contributed by atoms with Crippen LogP contribution in [0.25, 0.3) is 6.08 Å². The molecule has 0 radical (unpaired) electrons. The van der Waals surface area contributed by atoms with Gasteiger partial charge in [0.05, 0.1) is 24.2 Å². The summed E-state index contributed by atoms with van der Waals surface area (Å²) in [6, 6.07) is 7.16. The van der Waals surface area contributed by atoms with E-state index in [-0.39, 0.29) is 30.1 Å². The minimum atomic E-state index is -0.375. The molecule has 3 amide bonds. The average Bonchev–Trinajstić information content (AvgIpc) is 3.21. The third-order valence-corrected chi connectivity index (χ3v) is 6.44. The maximum absolute atomic E-state index is 12.7. The van der Waals surface area contributed by atoms with E-state index in [4.69, 9.17) is 9.47 Å². The number of amides is 3. The van der Waals surface area contributed by atoms with Crippen molar-refractivity contribution in [3.63, 3.8) is 0 Å². The van der Waals surface area contributed by atoms with E-state index in [0.29, 0.717) is 28.6 Å². The Morgan fingerprint density at radius 2 is 1.97 bits per heavy atom. The second kappa shape index (κ2) is 10.0. The first-order valence-corrected chi connectivity index (χ1v) is 11.4. The van der Waals surface area contributed by atoms with Gasteiger partial charge in [-0.25, -0.2) is 0 Å². The smallest absolute Gasteiger partial charge is 0.293 e. The lowest BCUT2D eigenvalue weighted by Crippen LogP contribution is -2.37. The summed E-state index contributed by atoms with van der Waals surface area (Å²) in [7, 11) is 1.54. The van der Waals surface area contributed by atoms with Crippen molar-refractivity contribution in [3.8, 4) is 11.5 Å². The monoisotopic (exact) mass is 460 g/mol. The molecule has 0 saturated carbocycles. The fourth-order valence-electron chi connectivity index (χ4n) is 3.13. The summed E-state index contributed by atoms with van der Waals surface area (Å²) in [5.41, 5.74) is 1.35. The van der Waals surface area contributed by atoms with Gasteiger partial charge < -0.3 is 14.8 Å². The van der Waals surface area contributed by atoms with Crippen LogP contribution in [0.5, 0.6) is 11.5 Å². The molecule has 0 aliphatic carbocycles. The van der Waals surface area contributed by atoms with Crippen molar-refractivity contribution < 1.29 is 23.9 Å². The molecular formula is C22H24N2O5S2. The average molecular weight is 461 g/mol. The molecular weight excluding hydrogens is 436 g/mol. The van der Waals surface area contributed by atoms with E-state index >= 15 is 0 Å². The summed E-state index contributed by atoms with van der Waals surface area (Å²) in [4.78, 5) is 40.8. The zero-order valence-electron chi connectivity index (χ0n) is 17.8. The van der Waals surface area contributed by atoms with Crippen molar-refractivity contribution >= 4 is 46.2 Å². The molecule has 0 unspecified atom stereocenters. The number of nitrogens with one attached hydrogen (secondary N) is 1. The van der Waals surface area contributed by atoms with Gasteiger partial charge >= 0.3 is 0 Å². The minimum Gasteiger partial charge on any atom is -0.493 e. The van der Waals surface area contributed by atoms with Crippen LogP contribution in [0.2, 0.25) is 0 Å². The molecule has 9 heteroatoms. The number of imide groups is 1. The lowest BCUT2D eigenvalue weighted by molar-refractivity contribution is -0.122. The van der Waals surface area contributed by atoms with Crippen molar-refractivity contribution in [1.29, 1.82) is 0 Å². The lowest BCUT2D eigenvalue weighted by Gasteiger charge is -2.13. The van der Waals surface area contributed by atoms with Gasteiger partial charge in [-0.1, -0.05) is 6.07 Å². The predicted octanol–water partition coefficient (Wildman–Crippen LogP) is 4.24. The SMILES string of the molecule is CCOc1ccc(C=C2SC(=O)N(CCNC(=O)c3cc(C)sc3C)C2=O)cc1OC. The molecule has 3 rings (SSSR count). The quantitative estimate of drug-likeness (QED) is 0.593. The molecule has 1 saturated heterocycles. The highest BCUT2D eigenvalue weighted by molar-refractivity contribution is 8.18. The number of ether oxygens (including phenoxy) is 2. The summed E-state index contributed by atoms with van der Waals surface area (Å²) < 4.78 is 10.8. The number of hydrogen-bond donors (Lipinski definition) is 1. The molecule has 1 N–H and O–H groups in total. The Morgan fingerprint density at radius 1 is 1.19 bits per heavy atom. The van der Waals surface area contributed by atoms with Crippen molar-refractivity contribution in [1.82, 2.24) is 10.2 Å². The third-order valence-electron chi connectivity index (χ3n) is 4.57. The summed E-state index contributed by atoms with van der Waals surface area (Å²) in [5, 5.41) is 2.43. The number of carbonyl (C=O) groups excluding carboxylic acids is 3. The molecule has 2 aromatic rings. The summed E-state index contributed by atoms with van der Waals surface area (Å²) >= 11 is 2.44. The van der Waals surface area contributed by atoms with E-state index < -0.39 is 0 Å². The molecule has 164 valence electrons. The predicted molar refractivity (Wildman–Crippen MR) is 123 cm³/mol. The van der Waals surface area contributed by atoms with Crippen LogP contribution in [-0.2, 0) is 4.79 Å². The van der Waals surface area contributed by atoms with Crippen molar-refractivity contribution in [2.24, 2.45) is 0 Å². The first-order chi connectivity index (χ1) is 14.8. The highest BCUT2D eigenvalue weighted by Gasteiger charge is 2.34. The molecule has 1 aliphatic heterocycles. The molecule has 1 aliphatic rings. The molecule has 0 spiro atoms. The van der Waals surface area contributed by atoms with Crippen molar-refractivity contribution in [2.45, 2.75) is 20.8 Å². The molecule has 1 aromatic carbocycles. The van der Waals surface area contributed by atoms with E-state index in [1.54, 1.807) is 42.7 Å². The van der Waals surface area contributed by atoms with Gasteiger partial charge in [-0.15, -0.1) is 11.3 Å². The van der Waals surface area contributed by atoms with E-state index in [1.165, 1.54) is 0 Å².